The second-order valence-electron chi connectivity index (χ2n) is 7.07. The van der Waals surface area contributed by atoms with Crippen LogP contribution in [0.15, 0.2) is 54.7 Å². The average molecular weight is 373 g/mol. The molecule has 140 valence electrons. The Kier molecular flexibility index (Phi) is 3.86. The highest BCUT2D eigenvalue weighted by Crippen LogP contribution is 2.24. The van der Waals surface area contributed by atoms with Gasteiger partial charge in [0, 0.05) is 30.2 Å². The van der Waals surface area contributed by atoms with Crippen LogP contribution in [-0.2, 0) is 11.3 Å². The Morgan fingerprint density at radius 3 is 2.64 bits per heavy atom. The second-order valence-corrected chi connectivity index (χ2v) is 7.07. The van der Waals surface area contributed by atoms with Gasteiger partial charge in [0.25, 0.3) is 5.91 Å². The maximum absolute atomic E-state index is 12.7. The summed E-state index contributed by atoms with van der Waals surface area (Å²) in [4.78, 5) is 37.6. The number of nitrogens with zero attached hydrogens (tertiary/aromatic N) is 2. The van der Waals surface area contributed by atoms with Crippen LogP contribution < -0.4 is 5.32 Å². The van der Waals surface area contributed by atoms with E-state index in [0.717, 1.165) is 27.8 Å². The molecule has 0 unspecified atom stereocenters. The number of imidazole rings is 1. The first-order valence-electron chi connectivity index (χ1n) is 9.26. The molecule has 3 heterocycles. The molecule has 0 spiro atoms. The highest BCUT2D eigenvalue weighted by atomic mass is 16.2. The molecule has 28 heavy (non-hydrogen) atoms. The van der Waals surface area contributed by atoms with E-state index in [9.17, 15) is 9.59 Å². The van der Waals surface area contributed by atoms with Crippen molar-refractivity contribution in [2.24, 2.45) is 5.92 Å². The van der Waals surface area contributed by atoms with Crippen molar-refractivity contribution in [2.45, 2.75) is 6.54 Å². The quantitative estimate of drug-likeness (QED) is 0.513. The number of rotatable bonds is 4. The Morgan fingerprint density at radius 2 is 1.82 bits per heavy atom. The molecule has 0 saturated carbocycles. The van der Waals surface area contributed by atoms with Gasteiger partial charge in [0.05, 0.1) is 29.1 Å². The summed E-state index contributed by atoms with van der Waals surface area (Å²) in [6, 6.07) is 15.5. The Morgan fingerprint density at radius 1 is 1.07 bits per heavy atom. The average Bonchev–Trinajstić information content (AvgIpc) is 3.28. The number of likely N-dealkylation sites (tertiary alicyclic amines) is 1. The smallest absolute Gasteiger partial charge is 0.256 e. The molecule has 2 amide bonds. The lowest BCUT2D eigenvalue weighted by Crippen LogP contribution is -2.55. The summed E-state index contributed by atoms with van der Waals surface area (Å²) in [5, 5.41) is 3.82. The standard InChI is InChI=1S/C21H19N5O2/c27-20(23-10-19-24-17-7-3-4-8-18(17)25-19)13-11-26(12-13)21(28)15-9-22-16-6-2-1-5-14(15)16/h1-9,13,22H,10-12H2,(H,23,27)(H,24,25). The predicted molar refractivity (Wildman–Crippen MR) is 106 cm³/mol. The molecule has 1 saturated heterocycles. The van der Waals surface area contributed by atoms with Gasteiger partial charge >= 0.3 is 0 Å². The number of carbonyl (C=O) groups excluding carboxylic acids is 2. The predicted octanol–water partition coefficient (Wildman–Crippen LogP) is 2.43. The molecule has 0 atom stereocenters. The van der Waals surface area contributed by atoms with Gasteiger partial charge in [0.1, 0.15) is 5.82 Å². The number of H-pyrrole nitrogens is 2. The molecule has 7 nitrogen and oxygen atoms in total. The maximum atomic E-state index is 12.7. The minimum absolute atomic E-state index is 0.0428. The van der Waals surface area contributed by atoms with Crippen LogP contribution in [0.25, 0.3) is 21.9 Å². The zero-order valence-electron chi connectivity index (χ0n) is 15.1. The van der Waals surface area contributed by atoms with E-state index in [4.69, 9.17) is 0 Å². The van der Waals surface area contributed by atoms with E-state index in [1.807, 2.05) is 48.5 Å². The summed E-state index contributed by atoms with van der Waals surface area (Å²) in [5.74, 6) is 0.446. The summed E-state index contributed by atoms with van der Waals surface area (Å²) in [5.41, 5.74) is 3.42. The molecule has 1 aliphatic heterocycles. The van der Waals surface area contributed by atoms with E-state index in [0.29, 0.717) is 25.2 Å². The van der Waals surface area contributed by atoms with Crippen molar-refractivity contribution in [3.8, 4) is 0 Å². The normalized spacial score (nSPS) is 14.4. The Bertz CT molecular complexity index is 1150. The lowest BCUT2D eigenvalue weighted by atomic mass is 9.97. The minimum atomic E-state index is -0.182. The minimum Gasteiger partial charge on any atom is -0.360 e. The Labute approximate surface area is 160 Å². The van der Waals surface area contributed by atoms with Crippen LogP contribution in [0.5, 0.6) is 0 Å². The first kappa shape index (κ1) is 16.6. The van der Waals surface area contributed by atoms with Crippen molar-refractivity contribution >= 4 is 33.8 Å². The topological polar surface area (TPSA) is 93.9 Å². The van der Waals surface area contributed by atoms with Crippen LogP contribution in [0.4, 0.5) is 0 Å². The summed E-state index contributed by atoms with van der Waals surface area (Å²) < 4.78 is 0. The van der Waals surface area contributed by atoms with Crippen LogP contribution in [0.2, 0.25) is 0 Å². The van der Waals surface area contributed by atoms with E-state index in [2.05, 4.69) is 20.3 Å². The number of aromatic nitrogens is 3. The first-order valence-corrected chi connectivity index (χ1v) is 9.26. The van der Waals surface area contributed by atoms with Crippen molar-refractivity contribution < 1.29 is 9.59 Å². The van der Waals surface area contributed by atoms with E-state index in [-0.39, 0.29) is 17.7 Å². The molecule has 0 aliphatic carbocycles. The zero-order valence-corrected chi connectivity index (χ0v) is 15.1. The fourth-order valence-corrected chi connectivity index (χ4v) is 3.63. The molecule has 0 radical (unpaired) electrons. The van der Waals surface area contributed by atoms with Crippen molar-refractivity contribution in [1.82, 2.24) is 25.2 Å². The molecular formula is C21H19N5O2. The van der Waals surface area contributed by atoms with Crippen molar-refractivity contribution in [1.29, 1.82) is 0 Å². The number of hydrogen-bond donors (Lipinski definition) is 3. The van der Waals surface area contributed by atoms with Gasteiger partial charge in [-0.25, -0.2) is 4.98 Å². The number of hydrogen-bond acceptors (Lipinski definition) is 3. The molecule has 1 aliphatic rings. The number of nitrogens with one attached hydrogen (secondary N) is 3. The summed E-state index contributed by atoms with van der Waals surface area (Å²) >= 11 is 0. The van der Waals surface area contributed by atoms with E-state index < -0.39 is 0 Å². The number of para-hydroxylation sites is 3. The number of fused-ring (bicyclic) bond motifs is 2. The Hall–Kier alpha value is -3.61. The van der Waals surface area contributed by atoms with Crippen LogP contribution in [0.1, 0.15) is 16.2 Å². The zero-order chi connectivity index (χ0) is 19.1. The number of carbonyl (C=O) groups is 2. The van der Waals surface area contributed by atoms with Crippen LogP contribution >= 0.6 is 0 Å². The van der Waals surface area contributed by atoms with Crippen molar-refractivity contribution in [3.63, 3.8) is 0 Å². The van der Waals surface area contributed by atoms with Crippen molar-refractivity contribution in [2.75, 3.05) is 13.1 Å². The van der Waals surface area contributed by atoms with Crippen LogP contribution in [-0.4, -0.2) is 44.8 Å². The van der Waals surface area contributed by atoms with Crippen LogP contribution in [0.3, 0.4) is 0 Å². The third kappa shape index (κ3) is 2.81. The highest BCUT2D eigenvalue weighted by molar-refractivity contribution is 6.07. The fraction of sp³-hybridized carbons (Fsp3) is 0.190. The molecule has 1 fully saturated rings. The summed E-state index contributed by atoms with van der Waals surface area (Å²) in [6.45, 7) is 1.22. The number of benzene rings is 2. The van der Waals surface area contributed by atoms with E-state index in [1.165, 1.54) is 0 Å². The SMILES string of the molecule is O=C(NCc1nc2ccccc2[nH]1)C1CN(C(=O)c2c[nH]c3ccccc23)C1. The van der Waals surface area contributed by atoms with Gasteiger partial charge in [-0.1, -0.05) is 30.3 Å². The van der Waals surface area contributed by atoms with Gasteiger partial charge in [0.2, 0.25) is 5.91 Å². The second kappa shape index (κ2) is 6.53. The summed E-state index contributed by atoms with van der Waals surface area (Å²) in [7, 11) is 0. The molecular weight excluding hydrogens is 354 g/mol. The monoisotopic (exact) mass is 373 g/mol. The van der Waals surface area contributed by atoms with Gasteiger partial charge in [-0.3, -0.25) is 9.59 Å². The van der Waals surface area contributed by atoms with E-state index in [1.54, 1.807) is 11.1 Å². The summed E-state index contributed by atoms with van der Waals surface area (Å²) in [6.07, 6.45) is 1.74. The molecule has 7 heteroatoms. The van der Waals surface area contributed by atoms with Gasteiger partial charge < -0.3 is 20.2 Å². The number of aromatic amines is 2. The van der Waals surface area contributed by atoms with Gasteiger partial charge in [-0.05, 0) is 18.2 Å². The number of amides is 2. The molecule has 0 bridgehead atoms. The molecule has 2 aromatic carbocycles. The molecule has 3 N–H and O–H groups in total. The van der Waals surface area contributed by atoms with E-state index >= 15 is 0 Å². The van der Waals surface area contributed by atoms with Gasteiger partial charge in [-0.2, -0.15) is 0 Å². The highest BCUT2D eigenvalue weighted by Gasteiger charge is 2.36. The van der Waals surface area contributed by atoms with Crippen molar-refractivity contribution in [3.05, 3.63) is 66.1 Å². The largest absolute Gasteiger partial charge is 0.360 e. The maximum Gasteiger partial charge on any atom is 0.256 e. The lowest BCUT2D eigenvalue weighted by molar-refractivity contribution is -0.129. The lowest BCUT2D eigenvalue weighted by Gasteiger charge is -2.38. The van der Waals surface area contributed by atoms with Gasteiger partial charge in [-0.15, -0.1) is 0 Å². The third-order valence-electron chi connectivity index (χ3n) is 5.23. The molecule has 4 aromatic rings. The molecule has 2 aromatic heterocycles. The third-order valence-corrected chi connectivity index (χ3v) is 5.23. The molecule has 5 rings (SSSR count). The Balaban J connectivity index is 1.18. The van der Waals surface area contributed by atoms with Gasteiger partial charge in [0.15, 0.2) is 0 Å². The van der Waals surface area contributed by atoms with Crippen LogP contribution in [0, 0.1) is 5.92 Å². The first-order chi connectivity index (χ1) is 13.7. The fourth-order valence-electron chi connectivity index (χ4n) is 3.63.